The molecule has 1 N–H and O–H groups in total. The van der Waals surface area contributed by atoms with Crippen LogP contribution in [0.25, 0.3) is 0 Å². The van der Waals surface area contributed by atoms with Crippen LogP contribution in [-0.4, -0.2) is 11.6 Å². The van der Waals surface area contributed by atoms with Crippen molar-refractivity contribution in [3.05, 3.63) is 108 Å². The molecular formula is C23H20N2O. The maximum atomic E-state index is 12.5. The molecule has 0 spiro atoms. The van der Waals surface area contributed by atoms with Crippen LogP contribution in [0.3, 0.4) is 0 Å². The summed E-state index contributed by atoms with van der Waals surface area (Å²) in [5.41, 5.74) is 6.75. The highest BCUT2D eigenvalue weighted by molar-refractivity contribution is 6.13. The van der Waals surface area contributed by atoms with Gasteiger partial charge in [-0.3, -0.25) is 4.79 Å². The van der Waals surface area contributed by atoms with Gasteiger partial charge in [-0.05, 0) is 17.9 Å². The lowest BCUT2D eigenvalue weighted by Crippen LogP contribution is -2.22. The van der Waals surface area contributed by atoms with Crippen LogP contribution in [0.4, 0.5) is 0 Å². The quantitative estimate of drug-likeness (QED) is 0.544. The van der Waals surface area contributed by atoms with Gasteiger partial charge in [0.1, 0.15) is 0 Å². The molecule has 1 aliphatic rings. The Bertz CT molecular complexity index is 863. The lowest BCUT2D eigenvalue weighted by atomic mass is 10.0. The SMILES string of the molecule is O=C(NN=C(c1ccccc1)c1ccccc1)[C@H]1C[C@H]1c1ccccc1. The second-order valence-corrected chi connectivity index (χ2v) is 6.53. The molecule has 2 atom stereocenters. The van der Waals surface area contributed by atoms with Crippen molar-refractivity contribution in [3.63, 3.8) is 0 Å². The van der Waals surface area contributed by atoms with Gasteiger partial charge in [0.15, 0.2) is 0 Å². The van der Waals surface area contributed by atoms with Crippen LogP contribution in [0.2, 0.25) is 0 Å². The summed E-state index contributed by atoms with van der Waals surface area (Å²) in [6.07, 6.45) is 0.886. The first-order valence-corrected chi connectivity index (χ1v) is 8.86. The van der Waals surface area contributed by atoms with Gasteiger partial charge in [0.2, 0.25) is 5.91 Å². The summed E-state index contributed by atoms with van der Waals surface area (Å²) < 4.78 is 0. The van der Waals surface area contributed by atoms with Gasteiger partial charge in [0.05, 0.1) is 5.71 Å². The number of nitrogens with zero attached hydrogens (tertiary/aromatic N) is 1. The summed E-state index contributed by atoms with van der Waals surface area (Å²) >= 11 is 0. The first-order valence-electron chi connectivity index (χ1n) is 8.86. The van der Waals surface area contributed by atoms with Gasteiger partial charge < -0.3 is 0 Å². The van der Waals surface area contributed by atoms with Crippen LogP contribution in [0.15, 0.2) is 96.1 Å². The molecule has 128 valence electrons. The van der Waals surface area contributed by atoms with E-state index >= 15 is 0 Å². The highest BCUT2D eigenvalue weighted by Gasteiger charge is 2.43. The van der Waals surface area contributed by atoms with E-state index in [9.17, 15) is 4.79 Å². The van der Waals surface area contributed by atoms with Crippen LogP contribution in [0, 0.1) is 5.92 Å². The molecule has 0 unspecified atom stereocenters. The number of hydrogen-bond acceptors (Lipinski definition) is 2. The van der Waals surface area contributed by atoms with Crippen LogP contribution in [0.5, 0.6) is 0 Å². The lowest BCUT2D eigenvalue weighted by molar-refractivity contribution is -0.122. The fraction of sp³-hybridized carbons (Fsp3) is 0.130. The van der Waals surface area contributed by atoms with Gasteiger partial charge in [0.25, 0.3) is 0 Å². The van der Waals surface area contributed by atoms with E-state index in [-0.39, 0.29) is 11.8 Å². The van der Waals surface area contributed by atoms with E-state index in [0.29, 0.717) is 5.92 Å². The third-order valence-electron chi connectivity index (χ3n) is 4.73. The molecule has 3 aromatic rings. The third kappa shape index (κ3) is 3.57. The number of carbonyl (C=O) groups is 1. The van der Waals surface area contributed by atoms with Crippen molar-refractivity contribution >= 4 is 11.6 Å². The van der Waals surface area contributed by atoms with Gasteiger partial charge in [-0.2, -0.15) is 5.10 Å². The van der Waals surface area contributed by atoms with Crippen LogP contribution >= 0.6 is 0 Å². The average molecular weight is 340 g/mol. The van der Waals surface area contributed by atoms with E-state index in [2.05, 4.69) is 22.7 Å². The van der Waals surface area contributed by atoms with E-state index in [1.54, 1.807) is 0 Å². The smallest absolute Gasteiger partial charge is 0.243 e. The van der Waals surface area contributed by atoms with E-state index in [1.165, 1.54) is 5.56 Å². The Kier molecular flexibility index (Phi) is 4.61. The molecule has 0 radical (unpaired) electrons. The van der Waals surface area contributed by atoms with E-state index < -0.39 is 0 Å². The lowest BCUT2D eigenvalue weighted by Gasteiger charge is -2.08. The fourth-order valence-corrected chi connectivity index (χ4v) is 3.24. The standard InChI is InChI=1S/C23H20N2O/c26-23(21-16-20(21)17-10-4-1-5-11-17)25-24-22(18-12-6-2-7-13-18)19-14-8-3-9-15-19/h1-15,20-21H,16H2,(H,25,26)/t20-,21-/m0/s1. The minimum absolute atomic E-state index is 0.00828. The first-order chi connectivity index (χ1) is 12.8. The van der Waals surface area contributed by atoms with Gasteiger partial charge in [-0.15, -0.1) is 0 Å². The molecular weight excluding hydrogens is 320 g/mol. The second-order valence-electron chi connectivity index (χ2n) is 6.53. The molecule has 0 saturated heterocycles. The van der Waals surface area contributed by atoms with Crippen molar-refractivity contribution in [1.29, 1.82) is 0 Å². The van der Waals surface area contributed by atoms with Crippen LogP contribution in [0.1, 0.15) is 29.0 Å². The van der Waals surface area contributed by atoms with E-state index in [4.69, 9.17) is 0 Å². The molecule has 4 rings (SSSR count). The predicted molar refractivity (Wildman–Crippen MR) is 104 cm³/mol. The van der Waals surface area contributed by atoms with Gasteiger partial charge >= 0.3 is 0 Å². The fourth-order valence-electron chi connectivity index (χ4n) is 3.24. The molecule has 0 bridgehead atoms. The summed E-state index contributed by atoms with van der Waals surface area (Å²) in [4.78, 5) is 12.5. The Morgan fingerprint density at radius 3 is 1.81 bits per heavy atom. The zero-order valence-electron chi connectivity index (χ0n) is 14.4. The Morgan fingerprint density at radius 1 is 0.769 bits per heavy atom. The highest BCUT2D eigenvalue weighted by Crippen LogP contribution is 2.47. The largest absolute Gasteiger partial charge is 0.273 e. The Hall–Kier alpha value is -3.20. The Labute approximate surface area is 153 Å². The minimum Gasteiger partial charge on any atom is -0.273 e. The number of benzene rings is 3. The monoisotopic (exact) mass is 340 g/mol. The summed E-state index contributed by atoms with van der Waals surface area (Å²) in [6.45, 7) is 0. The predicted octanol–water partition coefficient (Wildman–Crippen LogP) is 4.36. The zero-order valence-corrected chi connectivity index (χ0v) is 14.4. The summed E-state index contributed by atoms with van der Waals surface area (Å²) in [5, 5.41) is 4.47. The van der Waals surface area contributed by atoms with E-state index in [1.807, 2.05) is 78.9 Å². The van der Waals surface area contributed by atoms with Gasteiger partial charge in [-0.25, -0.2) is 5.43 Å². The van der Waals surface area contributed by atoms with E-state index in [0.717, 1.165) is 23.3 Å². The summed E-state index contributed by atoms with van der Waals surface area (Å²) in [6, 6.07) is 30.0. The molecule has 1 fully saturated rings. The number of hydrogen-bond donors (Lipinski definition) is 1. The third-order valence-corrected chi connectivity index (χ3v) is 4.73. The molecule has 1 saturated carbocycles. The minimum atomic E-state index is -0.0109. The summed E-state index contributed by atoms with van der Waals surface area (Å²) in [7, 11) is 0. The highest BCUT2D eigenvalue weighted by atomic mass is 16.2. The van der Waals surface area contributed by atoms with Crippen molar-refractivity contribution < 1.29 is 4.79 Å². The van der Waals surface area contributed by atoms with Crippen molar-refractivity contribution in [2.24, 2.45) is 11.0 Å². The number of hydrazone groups is 1. The Morgan fingerprint density at radius 2 is 1.27 bits per heavy atom. The Balaban J connectivity index is 1.52. The number of rotatable bonds is 5. The molecule has 3 nitrogen and oxygen atoms in total. The molecule has 0 aliphatic heterocycles. The van der Waals surface area contributed by atoms with Crippen molar-refractivity contribution in [3.8, 4) is 0 Å². The second kappa shape index (κ2) is 7.36. The molecule has 0 heterocycles. The number of carbonyl (C=O) groups excluding carboxylic acids is 1. The van der Waals surface area contributed by atoms with Crippen LogP contribution < -0.4 is 5.43 Å². The van der Waals surface area contributed by atoms with Crippen molar-refractivity contribution in [2.75, 3.05) is 0 Å². The molecule has 3 heteroatoms. The molecule has 0 aromatic heterocycles. The number of amides is 1. The van der Waals surface area contributed by atoms with Crippen molar-refractivity contribution in [2.45, 2.75) is 12.3 Å². The maximum Gasteiger partial charge on any atom is 0.243 e. The molecule has 1 aliphatic carbocycles. The maximum absolute atomic E-state index is 12.5. The normalized spacial score (nSPS) is 18.0. The molecule has 3 aromatic carbocycles. The van der Waals surface area contributed by atoms with Gasteiger partial charge in [-0.1, -0.05) is 91.0 Å². The number of nitrogens with one attached hydrogen (secondary N) is 1. The zero-order chi connectivity index (χ0) is 17.8. The molecule has 26 heavy (non-hydrogen) atoms. The van der Waals surface area contributed by atoms with Gasteiger partial charge in [0, 0.05) is 17.0 Å². The first kappa shape index (κ1) is 16.3. The van der Waals surface area contributed by atoms with Crippen LogP contribution in [-0.2, 0) is 4.79 Å². The summed E-state index contributed by atoms with van der Waals surface area (Å²) in [5.74, 6) is 0.306. The molecule has 1 amide bonds. The average Bonchev–Trinajstić information content (AvgIpc) is 3.51. The van der Waals surface area contributed by atoms with Crippen molar-refractivity contribution in [1.82, 2.24) is 5.43 Å². The topological polar surface area (TPSA) is 41.5 Å².